The van der Waals surface area contributed by atoms with E-state index in [1.54, 1.807) is 0 Å². The van der Waals surface area contributed by atoms with Gasteiger partial charge in [0.2, 0.25) is 0 Å². The van der Waals surface area contributed by atoms with Crippen LogP contribution in [0.1, 0.15) is 43.4 Å². The molecule has 0 aliphatic heterocycles. The van der Waals surface area contributed by atoms with E-state index in [1.807, 2.05) is 7.05 Å². The lowest BCUT2D eigenvalue weighted by molar-refractivity contribution is 0.509. The molecule has 2 heteroatoms. The second-order valence-corrected chi connectivity index (χ2v) is 4.54. The van der Waals surface area contributed by atoms with E-state index >= 15 is 0 Å². The Bertz CT molecular complexity index is 310. The second-order valence-electron chi connectivity index (χ2n) is 4.54. The number of nitrogens with one attached hydrogen (secondary N) is 2. The molecule has 1 atom stereocenters. The number of hydrogen-bond acceptors (Lipinski definition) is 2. The molecule has 1 aromatic rings. The Labute approximate surface area is 106 Å². The standard InChI is InChI=1S/C15H26N2/c1-4-13-8-7-9-14(12-13)15(17-3)10-5-6-11-16-2/h7-9,12,15-17H,4-6,10-11H2,1-3H3. The number of benzene rings is 1. The molecule has 0 saturated heterocycles. The molecule has 0 fully saturated rings. The SMILES string of the molecule is CCc1cccc(C(CCCCNC)NC)c1. The number of aryl methyl sites for hydroxylation is 1. The first-order valence-electron chi connectivity index (χ1n) is 6.72. The fraction of sp³-hybridized carbons (Fsp3) is 0.600. The van der Waals surface area contributed by atoms with Crippen molar-refractivity contribution in [1.29, 1.82) is 0 Å². The van der Waals surface area contributed by atoms with Crippen molar-refractivity contribution >= 4 is 0 Å². The van der Waals surface area contributed by atoms with Crippen molar-refractivity contribution in [3.05, 3.63) is 35.4 Å². The van der Waals surface area contributed by atoms with Crippen LogP contribution < -0.4 is 10.6 Å². The third-order valence-electron chi connectivity index (χ3n) is 3.28. The Morgan fingerprint density at radius 3 is 2.65 bits per heavy atom. The predicted octanol–water partition coefficient (Wildman–Crippen LogP) is 2.90. The zero-order valence-electron chi connectivity index (χ0n) is 11.4. The summed E-state index contributed by atoms with van der Waals surface area (Å²) in [5.41, 5.74) is 2.86. The van der Waals surface area contributed by atoms with Crippen LogP contribution in [0.15, 0.2) is 24.3 Å². The van der Waals surface area contributed by atoms with Gasteiger partial charge in [-0.3, -0.25) is 0 Å². The Hall–Kier alpha value is -0.860. The van der Waals surface area contributed by atoms with Gasteiger partial charge in [0, 0.05) is 6.04 Å². The predicted molar refractivity (Wildman–Crippen MR) is 75.4 cm³/mol. The monoisotopic (exact) mass is 234 g/mol. The average molecular weight is 234 g/mol. The maximum atomic E-state index is 3.43. The molecule has 2 nitrogen and oxygen atoms in total. The molecule has 0 aromatic heterocycles. The first-order chi connectivity index (χ1) is 8.31. The van der Waals surface area contributed by atoms with Crippen molar-refractivity contribution in [1.82, 2.24) is 10.6 Å². The highest BCUT2D eigenvalue weighted by Gasteiger charge is 2.08. The summed E-state index contributed by atoms with van der Waals surface area (Å²) in [5, 5.41) is 6.62. The van der Waals surface area contributed by atoms with E-state index < -0.39 is 0 Å². The summed E-state index contributed by atoms with van der Waals surface area (Å²) in [5.74, 6) is 0. The van der Waals surface area contributed by atoms with Crippen LogP contribution in [0.4, 0.5) is 0 Å². The summed E-state index contributed by atoms with van der Waals surface area (Å²) in [4.78, 5) is 0. The summed E-state index contributed by atoms with van der Waals surface area (Å²) in [6.45, 7) is 3.33. The van der Waals surface area contributed by atoms with E-state index in [1.165, 1.54) is 30.4 Å². The summed E-state index contributed by atoms with van der Waals surface area (Å²) in [6.07, 6.45) is 4.85. The molecule has 1 aromatic carbocycles. The molecule has 1 rings (SSSR count). The van der Waals surface area contributed by atoms with E-state index in [0.717, 1.165) is 13.0 Å². The van der Waals surface area contributed by atoms with Crippen molar-refractivity contribution in [2.24, 2.45) is 0 Å². The molecule has 0 bridgehead atoms. The minimum Gasteiger partial charge on any atom is -0.320 e. The van der Waals surface area contributed by atoms with Gasteiger partial charge >= 0.3 is 0 Å². The van der Waals surface area contributed by atoms with Gasteiger partial charge in [0.25, 0.3) is 0 Å². The van der Waals surface area contributed by atoms with Crippen LogP contribution in [-0.2, 0) is 6.42 Å². The van der Waals surface area contributed by atoms with E-state index in [4.69, 9.17) is 0 Å². The van der Waals surface area contributed by atoms with Gasteiger partial charge in [-0.1, -0.05) is 37.6 Å². The minimum atomic E-state index is 0.498. The molecule has 2 N–H and O–H groups in total. The topological polar surface area (TPSA) is 24.1 Å². The highest BCUT2D eigenvalue weighted by atomic mass is 14.9. The zero-order chi connectivity index (χ0) is 12.5. The average Bonchev–Trinajstić information content (AvgIpc) is 2.39. The lowest BCUT2D eigenvalue weighted by Gasteiger charge is -2.17. The Morgan fingerprint density at radius 2 is 2.00 bits per heavy atom. The van der Waals surface area contributed by atoms with Gasteiger partial charge in [0.05, 0.1) is 0 Å². The first-order valence-corrected chi connectivity index (χ1v) is 6.72. The lowest BCUT2D eigenvalue weighted by Crippen LogP contribution is -2.17. The first kappa shape index (κ1) is 14.2. The molecule has 0 aliphatic carbocycles. The highest BCUT2D eigenvalue weighted by Crippen LogP contribution is 2.20. The quantitative estimate of drug-likeness (QED) is 0.676. The molecular formula is C15H26N2. The Kier molecular flexibility index (Phi) is 6.90. The molecule has 96 valence electrons. The molecule has 0 saturated carbocycles. The number of unbranched alkanes of at least 4 members (excludes halogenated alkanes) is 1. The van der Waals surface area contributed by atoms with Crippen LogP contribution in [0.2, 0.25) is 0 Å². The van der Waals surface area contributed by atoms with E-state index in [0.29, 0.717) is 6.04 Å². The molecule has 1 unspecified atom stereocenters. The van der Waals surface area contributed by atoms with E-state index in [2.05, 4.69) is 48.9 Å². The van der Waals surface area contributed by atoms with Crippen LogP contribution in [0, 0.1) is 0 Å². The van der Waals surface area contributed by atoms with Gasteiger partial charge in [-0.25, -0.2) is 0 Å². The Balaban J connectivity index is 2.53. The van der Waals surface area contributed by atoms with Crippen LogP contribution in [0.5, 0.6) is 0 Å². The molecule has 17 heavy (non-hydrogen) atoms. The third kappa shape index (κ3) is 4.88. The van der Waals surface area contributed by atoms with Gasteiger partial charge in [-0.05, 0) is 51.0 Å². The van der Waals surface area contributed by atoms with Crippen LogP contribution in [-0.4, -0.2) is 20.6 Å². The summed E-state index contributed by atoms with van der Waals surface area (Å²) >= 11 is 0. The van der Waals surface area contributed by atoms with Gasteiger partial charge < -0.3 is 10.6 Å². The molecule has 0 amide bonds. The van der Waals surface area contributed by atoms with Gasteiger partial charge in [0.1, 0.15) is 0 Å². The number of rotatable bonds is 8. The van der Waals surface area contributed by atoms with E-state index in [-0.39, 0.29) is 0 Å². The molecule has 0 heterocycles. The van der Waals surface area contributed by atoms with Crippen molar-refractivity contribution in [2.45, 2.75) is 38.6 Å². The lowest BCUT2D eigenvalue weighted by atomic mass is 9.98. The fourth-order valence-electron chi connectivity index (χ4n) is 2.16. The molecule has 0 spiro atoms. The Morgan fingerprint density at radius 1 is 1.18 bits per heavy atom. The van der Waals surface area contributed by atoms with Crippen LogP contribution >= 0.6 is 0 Å². The maximum Gasteiger partial charge on any atom is 0.0317 e. The minimum absolute atomic E-state index is 0.498. The van der Waals surface area contributed by atoms with Gasteiger partial charge in [-0.2, -0.15) is 0 Å². The normalized spacial score (nSPS) is 12.6. The van der Waals surface area contributed by atoms with Crippen LogP contribution in [0.25, 0.3) is 0 Å². The molecule has 0 aliphatic rings. The summed E-state index contributed by atoms with van der Waals surface area (Å²) in [6, 6.07) is 9.44. The zero-order valence-corrected chi connectivity index (χ0v) is 11.4. The van der Waals surface area contributed by atoms with Gasteiger partial charge in [-0.15, -0.1) is 0 Å². The molecular weight excluding hydrogens is 208 g/mol. The van der Waals surface area contributed by atoms with Gasteiger partial charge in [0.15, 0.2) is 0 Å². The second kappa shape index (κ2) is 8.26. The highest BCUT2D eigenvalue weighted by molar-refractivity contribution is 5.26. The van der Waals surface area contributed by atoms with E-state index in [9.17, 15) is 0 Å². The van der Waals surface area contributed by atoms with Crippen molar-refractivity contribution in [3.8, 4) is 0 Å². The van der Waals surface area contributed by atoms with Crippen molar-refractivity contribution in [3.63, 3.8) is 0 Å². The van der Waals surface area contributed by atoms with Crippen molar-refractivity contribution in [2.75, 3.05) is 20.6 Å². The van der Waals surface area contributed by atoms with Crippen molar-refractivity contribution < 1.29 is 0 Å². The summed E-state index contributed by atoms with van der Waals surface area (Å²) < 4.78 is 0. The maximum absolute atomic E-state index is 3.43. The molecule has 0 radical (unpaired) electrons. The largest absolute Gasteiger partial charge is 0.320 e. The smallest absolute Gasteiger partial charge is 0.0317 e. The fourth-order valence-corrected chi connectivity index (χ4v) is 2.16. The van der Waals surface area contributed by atoms with Crippen LogP contribution in [0.3, 0.4) is 0 Å². The number of hydrogen-bond donors (Lipinski definition) is 2. The summed E-state index contributed by atoms with van der Waals surface area (Å²) in [7, 11) is 4.07. The third-order valence-corrected chi connectivity index (χ3v) is 3.28.